The maximum absolute atomic E-state index is 11.9. The maximum Gasteiger partial charge on any atom is 0.325 e. The second-order valence-electron chi connectivity index (χ2n) is 5.33. The Labute approximate surface area is 96.4 Å². The molecule has 0 bridgehead atoms. The van der Waals surface area contributed by atoms with Crippen LogP contribution in [0.2, 0.25) is 0 Å². The molecule has 0 radical (unpaired) electrons. The molecule has 16 heavy (non-hydrogen) atoms. The van der Waals surface area contributed by atoms with E-state index >= 15 is 0 Å². The van der Waals surface area contributed by atoms with Crippen molar-refractivity contribution < 1.29 is 9.59 Å². The molecule has 1 heterocycles. The minimum atomic E-state index is -0.494. The average molecular weight is 224 g/mol. The Kier molecular flexibility index (Phi) is 2.91. The molecule has 0 aromatic carbocycles. The van der Waals surface area contributed by atoms with Crippen molar-refractivity contribution in [1.29, 1.82) is 0 Å². The highest BCUT2D eigenvalue weighted by Crippen LogP contribution is 2.38. The molecule has 1 aliphatic heterocycles. The fraction of sp³-hybridized carbons (Fsp3) is 0.833. The van der Waals surface area contributed by atoms with Crippen LogP contribution in [0.15, 0.2) is 0 Å². The monoisotopic (exact) mass is 224 g/mol. The van der Waals surface area contributed by atoms with E-state index in [4.69, 9.17) is 0 Å². The Hall–Kier alpha value is -1.06. The van der Waals surface area contributed by atoms with Gasteiger partial charge in [-0.05, 0) is 25.2 Å². The number of hydrogen-bond donors (Lipinski definition) is 1. The van der Waals surface area contributed by atoms with E-state index in [1.54, 1.807) is 4.90 Å². The first kappa shape index (κ1) is 11.4. The second kappa shape index (κ2) is 4.07. The number of amides is 3. The number of nitrogens with one attached hydrogen (secondary N) is 1. The van der Waals surface area contributed by atoms with Gasteiger partial charge in [-0.15, -0.1) is 0 Å². The van der Waals surface area contributed by atoms with Crippen molar-refractivity contribution in [1.82, 2.24) is 10.2 Å². The molecule has 0 aromatic rings. The van der Waals surface area contributed by atoms with E-state index in [-0.39, 0.29) is 11.9 Å². The van der Waals surface area contributed by atoms with Crippen LogP contribution in [0.5, 0.6) is 0 Å². The van der Waals surface area contributed by atoms with Crippen LogP contribution in [0.3, 0.4) is 0 Å². The van der Waals surface area contributed by atoms with Crippen molar-refractivity contribution in [3.8, 4) is 0 Å². The van der Waals surface area contributed by atoms with Gasteiger partial charge < -0.3 is 4.90 Å². The van der Waals surface area contributed by atoms with Crippen LogP contribution in [-0.2, 0) is 4.79 Å². The molecule has 2 aliphatic rings. The van der Waals surface area contributed by atoms with Gasteiger partial charge in [0.25, 0.3) is 5.91 Å². The predicted octanol–water partition coefficient (Wildman–Crippen LogP) is 1.90. The summed E-state index contributed by atoms with van der Waals surface area (Å²) in [6.07, 6.45) is 4.74. The largest absolute Gasteiger partial charge is 0.325 e. The number of urea groups is 1. The third-order valence-corrected chi connectivity index (χ3v) is 3.77. The van der Waals surface area contributed by atoms with Gasteiger partial charge >= 0.3 is 6.03 Å². The van der Waals surface area contributed by atoms with Gasteiger partial charge in [0.2, 0.25) is 0 Å². The van der Waals surface area contributed by atoms with Crippen LogP contribution in [0.1, 0.15) is 46.0 Å². The lowest BCUT2D eigenvalue weighted by molar-refractivity contribution is -0.126. The standard InChI is InChI=1S/C12H20N2O2/c1-9(2)5-8-14-11(16)13-10(15)12(14)6-3-4-7-12/h9H,3-8H2,1-2H3,(H,13,15,16). The Morgan fingerprint density at radius 3 is 2.50 bits per heavy atom. The zero-order valence-corrected chi connectivity index (χ0v) is 10.1. The Bertz CT molecular complexity index is 306. The van der Waals surface area contributed by atoms with E-state index in [1.807, 2.05) is 0 Å². The Morgan fingerprint density at radius 1 is 1.31 bits per heavy atom. The molecule has 90 valence electrons. The van der Waals surface area contributed by atoms with Crippen molar-refractivity contribution in [3.05, 3.63) is 0 Å². The van der Waals surface area contributed by atoms with Crippen LogP contribution in [0, 0.1) is 5.92 Å². The number of imide groups is 1. The molecule has 2 rings (SSSR count). The van der Waals surface area contributed by atoms with Crippen molar-refractivity contribution in [3.63, 3.8) is 0 Å². The van der Waals surface area contributed by atoms with Gasteiger partial charge in [-0.25, -0.2) is 4.79 Å². The predicted molar refractivity (Wildman–Crippen MR) is 60.9 cm³/mol. The number of carbonyl (C=O) groups is 2. The number of carbonyl (C=O) groups excluding carboxylic acids is 2. The summed E-state index contributed by atoms with van der Waals surface area (Å²) in [6.45, 7) is 4.98. The lowest BCUT2D eigenvalue weighted by Gasteiger charge is -2.31. The molecule has 0 atom stereocenters. The molecular weight excluding hydrogens is 204 g/mol. The smallest absolute Gasteiger partial charge is 0.310 e. The molecule has 0 unspecified atom stereocenters. The van der Waals surface area contributed by atoms with Crippen LogP contribution >= 0.6 is 0 Å². The molecule has 1 spiro atoms. The first-order valence-corrected chi connectivity index (χ1v) is 6.19. The van der Waals surface area contributed by atoms with Crippen LogP contribution in [0.25, 0.3) is 0 Å². The van der Waals surface area contributed by atoms with E-state index in [2.05, 4.69) is 19.2 Å². The highest BCUT2D eigenvalue weighted by Gasteiger charge is 2.53. The van der Waals surface area contributed by atoms with Gasteiger partial charge in [0, 0.05) is 6.54 Å². The number of nitrogens with zero attached hydrogens (tertiary/aromatic N) is 1. The zero-order valence-electron chi connectivity index (χ0n) is 10.1. The summed E-state index contributed by atoms with van der Waals surface area (Å²) in [7, 11) is 0. The van der Waals surface area contributed by atoms with Gasteiger partial charge in [-0.3, -0.25) is 10.1 Å². The summed E-state index contributed by atoms with van der Waals surface area (Å²) in [5, 5.41) is 2.47. The normalized spacial score (nSPS) is 23.6. The van der Waals surface area contributed by atoms with Gasteiger partial charge in [-0.1, -0.05) is 26.7 Å². The van der Waals surface area contributed by atoms with Crippen molar-refractivity contribution in [2.45, 2.75) is 51.5 Å². The lowest BCUT2D eigenvalue weighted by Crippen LogP contribution is -2.47. The number of rotatable bonds is 3. The van der Waals surface area contributed by atoms with E-state index in [0.29, 0.717) is 12.5 Å². The molecular formula is C12H20N2O2. The van der Waals surface area contributed by atoms with Gasteiger partial charge in [0.15, 0.2) is 0 Å². The summed E-state index contributed by atoms with van der Waals surface area (Å²) in [6, 6.07) is -0.187. The average Bonchev–Trinajstić information content (AvgIpc) is 2.74. The lowest BCUT2D eigenvalue weighted by atomic mass is 9.95. The highest BCUT2D eigenvalue weighted by atomic mass is 16.2. The molecule has 1 saturated heterocycles. The number of hydrogen-bond acceptors (Lipinski definition) is 2. The van der Waals surface area contributed by atoms with E-state index in [1.165, 1.54) is 0 Å². The SMILES string of the molecule is CC(C)CCN1C(=O)NC(=O)C12CCCC2. The molecule has 4 nitrogen and oxygen atoms in total. The molecule has 0 aromatic heterocycles. The highest BCUT2D eigenvalue weighted by molar-refractivity contribution is 6.07. The van der Waals surface area contributed by atoms with Gasteiger partial charge in [0.1, 0.15) is 5.54 Å². The Balaban J connectivity index is 2.13. The fourth-order valence-electron chi connectivity index (χ4n) is 2.76. The zero-order chi connectivity index (χ0) is 11.8. The second-order valence-corrected chi connectivity index (χ2v) is 5.33. The third-order valence-electron chi connectivity index (χ3n) is 3.77. The quantitative estimate of drug-likeness (QED) is 0.744. The van der Waals surface area contributed by atoms with Gasteiger partial charge in [0.05, 0.1) is 0 Å². The van der Waals surface area contributed by atoms with Crippen molar-refractivity contribution in [2.24, 2.45) is 5.92 Å². The molecule has 1 aliphatic carbocycles. The summed E-state index contributed by atoms with van der Waals surface area (Å²) < 4.78 is 0. The third kappa shape index (κ3) is 1.70. The van der Waals surface area contributed by atoms with Crippen molar-refractivity contribution in [2.75, 3.05) is 6.54 Å². The van der Waals surface area contributed by atoms with Gasteiger partial charge in [-0.2, -0.15) is 0 Å². The van der Waals surface area contributed by atoms with Crippen LogP contribution in [-0.4, -0.2) is 28.9 Å². The first-order chi connectivity index (χ1) is 7.56. The topological polar surface area (TPSA) is 49.4 Å². The van der Waals surface area contributed by atoms with E-state index < -0.39 is 5.54 Å². The minimum absolute atomic E-state index is 0.0706. The Morgan fingerprint density at radius 2 is 1.94 bits per heavy atom. The summed E-state index contributed by atoms with van der Waals surface area (Å²) in [5.41, 5.74) is -0.494. The molecule has 2 fully saturated rings. The summed E-state index contributed by atoms with van der Waals surface area (Å²) in [4.78, 5) is 25.4. The molecule has 1 saturated carbocycles. The molecule has 4 heteroatoms. The van der Waals surface area contributed by atoms with Crippen molar-refractivity contribution >= 4 is 11.9 Å². The van der Waals surface area contributed by atoms with E-state index in [9.17, 15) is 9.59 Å². The van der Waals surface area contributed by atoms with Crippen LogP contribution in [0.4, 0.5) is 4.79 Å². The maximum atomic E-state index is 11.9. The first-order valence-electron chi connectivity index (χ1n) is 6.19. The molecule has 1 N–H and O–H groups in total. The summed E-state index contributed by atoms with van der Waals surface area (Å²) in [5.74, 6) is 0.487. The summed E-state index contributed by atoms with van der Waals surface area (Å²) >= 11 is 0. The minimum Gasteiger partial charge on any atom is -0.310 e. The fourth-order valence-corrected chi connectivity index (χ4v) is 2.76. The van der Waals surface area contributed by atoms with E-state index in [0.717, 1.165) is 32.1 Å². The molecule has 3 amide bonds. The van der Waals surface area contributed by atoms with Crippen LogP contribution < -0.4 is 5.32 Å².